The fourth-order valence-corrected chi connectivity index (χ4v) is 5.82. The number of pyridine rings is 1. The van der Waals surface area contributed by atoms with E-state index in [2.05, 4.69) is 6.92 Å². The normalized spacial score (nSPS) is 18.3. The number of thiocarbonyl (C=S) groups is 1. The van der Waals surface area contributed by atoms with Crippen LogP contribution in [0.2, 0.25) is 0 Å². The van der Waals surface area contributed by atoms with Crippen LogP contribution >= 0.6 is 24.0 Å². The van der Waals surface area contributed by atoms with Crippen LogP contribution in [0.1, 0.15) is 57.4 Å². The number of primary amides is 1. The summed E-state index contributed by atoms with van der Waals surface area (Å²) >= 11 is 6.72. The van der Waals surface area contributed by atoms with Crippen molar-refractivity contribution in [2.75, 3.05) is 24.5 Å². The summed E-state index contributed by atoms with van der Waals surface area (Å²) in [4.78, 5) is 47.2. The van der Waals surface area contributed by atoms with Gasteiger partial charge in [-0.25, -0.2) is 4.98 Å². The molecule has 0 unspecified atom stereocenters. The SMILES string of the molecule is CCCCCCCN1C(=O)C(=Cc2c(N3CCC(C(N)=O)CC3)nc3ccccn3c2=O)SC1=S. The van der Waals surface area contributed by atoms with E-state index < -0.39 is 0 Å². The van der Waals surface area contributed by atoms with Crippen molar-refractivity contribution in [1.82, 2.24) is 14.3 Å². The number of hydrogen-bond acceptors (Lipinski definition) is 7. The van der Waals surface area contributed by atoms with E-state index in [1.165, 1.54) is 29.0 Å². The monoisotopic (exact) mass is 513 g/mol. The zero-order valence-electron chi connectivity index (χ0n) is 19.9. The van der Waals surface area contributed by atoms with E-state index in [-0.39, 0.29) is 23.3 Å². The molecule has 2 amide bonds. The van der Waals surface area contributed by atoms with E-state index in [1.807, 2.05) is 11.0 Å². The maximum absolute atomic E-state index is 13.5. The Balaban J connectivity index is 1.64. The van der Waals surface area contributed by atoms with Crippen LogP contribution in [-0.4, -0.2) is 50.1 Å². The Labute approximate surface area is 214 Å². The zero-order valence-corrected chi connectivity index (χ0v) is 21.6. The van der Waals surface area contributed by atoms with Crippen LogP contribution in [-0.2, 0) is 9.59 Å². The van der Waals surface area contributed by atoms with Crippen molar-refractivity contribution in [3.8, 4) is 0 Å². The molecule has 0 spiro atoms. The Morgan fingerprint density at radius 3 is 2.66 bits per heavy atom. The van der Waals surface area contributed by atoms with Gasteiger partial charge < -0.3 is 10.6 Å². The van der Waals surface area contributed by atoms with Crippen LogP contribution in [0.25, 0.3) is 11.7 Å². The Bertz CT molecular complexity index is 1220. The highest BCUT2D eigenvalue weighted by atomic mass is 32.2. The summed E-state index contributed by atoms with van der Waals surface area (Å²) in [5.41, 5.74) is 6.14. The van der Waals surface area contributed by atoms with Gasteiger partial charge in [-0.2, -0.15) is 0 Å². The number of carbonyl (C=O) groups excluding carboxylic acids is 2. The number of rotatable bonds is 9. The molecule has 0 aliphatic carbocycles. The van der Waals surface area contributed by atoms with Gasteiger partial charge in [0.2, 0.25) is 5.91 Å². The van der Waals surface area contributed by atoms with Crippen molar-refractivity contribution in [3.63, 3.8) is 0 Å². The number of fused-ring (bicyclic) bond motifs is 1. The molecule has 0 aromatic carbocycles. The number of anilines is 1. The van der Waals surface area contributed by atoms with Gasteiger partial charge in [-0.15, -0.1) is 0 Å². The average Bonchev–Trinajstić information content (AvgIpc) is 3.12. The van der Waals surface area contributed by atoms with Crippen LogP contribution < -0.4 is 16.2 Å². The first kappa shape index (κ1) is 25.4. The number of piperidine rings is 1. The Morgan fingerprint density at radius 2 is 1.94 bits per heavy atom. The van der Waals surface area contributed by atoms with Crippen molar-refractivity contribution >= 4 is 57.7 Å². The van der Waals surface area contributed by atoms with Gasteiger partial charge in [-0.1, -0.05) is 62.7 Å². The molecule has 4 heterocycles. The lowest BCUT2D eigenvalue weighted by Gasteiger charge is -2.32. The molecule has 35 heavy (non-hydrogen) atoms. The van der Waals surface area contributed by atoms with E-state index >= 15 is 0 Å². The molecule has 2 aliphatic rings. The summed E-state index contributed by atoms with van der Waals surface area (Å²) in [5, 5.41) is 0. The third-order valence-electron chi connectivity index (χ3n) is 6.58. The van der Waals surface area contributed by atoms with Crippen LogP contribution in [0.5, 0.6) is 0 Å². The number of thioether (sulfide) groups is 1. The summed E-state index contributed by atoms with van der Waals surface area (Å²) in [6, 6.07) is 5.38. The van der Waals surface area contributed by atoms with Gasteiger partial charge in [0.05, 0.1) is 10.5 Å². The highest BCUT2D eigenvalue weighted by Crippen LogP contribution is 2.34. The zero-order chi connectivity index (χ0) is 24.9. The molecule has 2 aromatic heterocycles. The topological polar surface area (TPSA) is 101 Å². The van der Waals surface area contributed by atoms with Gasteiger partial charge in [-0.3, -0.25) is 23.7 Å². The standard InChI is InChI=1S/C25H31N5O3S2/c1-2-3-4-5-7-13-30-24(33)19(35-25(30)34)16-18-22(28-14-10-17(11-15-28)21(26)31)27-20-9-6-8-12-29(20)23(18)32/h6,8-9,12,16-17H,2-5,7,10-11,13-15H2,1H3,(H2,26,31). The molecule has 2 fully saturated rings. The molecule has 8 nitrogen and oxygen atoms in total. The first-order valence-corrected chi connectivity index (χ1v) is 13.4. The predicted octanol–water partition coefficient (Wildman–Crippen LogP) is 3.57. The van der Waals surface area contributed by atoms with E-state index in [0.717, 1.165) is 19.3 Å². The van der Waals surface area contributed by atoms with Gasteiger partial charge >= 0.3 is 0 Å². The molecule has 4 rings (SSSR count). The van der Waals surface area contributed by atoms with Crippen LogP contribution in [0.15, 0.2) is 34.1 Å². The van der Waals surface area contributed by atoms with E-state index in [0.29, 0.717) is 58.7 Å². The molecule has 0 saturated carbocycles. The molecule has 2 aromatic rings. The molecule has 2 aliphatic heterocycles. The van der Waals surface area contributed by atoms with Crippen molar-refractivity contribution in [1.29, 1.82) is 0 Å². The lowest BCUT2D eigenvalue weighted by atomic mass is 9.96. The second-order valence-corrected chi connectivity index (χ2v) is 10.7. The molecular formula is C25H31N5O3S2. The first-order chi connectivity index (χ1) is 16.9. The Morgan fingerprint density at radius 1 is 1.20 bits per heavy atom. The first-order valence-electron chi connectivity index (χ1n) is 12.2. The van der Waals surface area contributed by atoms with Gasteiger partial charge in [0, 0.05) is 31.7 Å². The predicted molar refractivity (Wildman–Crippen MR) is 144 cm³/mol. The van der Waals surface area contributed by atoms with E-state index in [4.69, 9.17) is 22.9 Å². The number of nitrogens with zero attached hydrogens (tertiary/aromatic N) is 4. The van der Waals surface area contributed by atoms with Crippen LogP contribution in [0, 0.1) is 5.92 Å². The lowest BCUT2D eigenvalue weighted by Crippen LogP contribution is -2.40. The highest BCUT2D eigenvalue weighted by Gasteiger charge is 2.33. The summed E-state index contributed by atoms with van der Waals surface area (Å²) in [6.45, 7) is 3.88. The maximum Gasteiger partial charge on any atom is 0.267 e. The maximum atomic E-state index is 13.5. The highest BCUT2D eigenvalue weighted by molar-refractivity contribution is 8.26. The molecule has 2 saturated heterocycles. The van der Waals surface area contributed by atoms with Crippen molar-refractivity contribution in [2.45, 2.75) is 51.9 Å². The van der Waals surface area contributed by atoms with Crippen LogP contribution in [0.4, 0.5) is 5.82 Å². The molecule has 0 bridgehead atoms. The van der Waals surface area contributed by atoms with Crippen molar-refractivity contribution in [2.24, 2.45) is 11.7 Å². The third kappa shape index (κ3) is 5.59. The summed E-state index contributed by atoms with van der Waals surface area (Å²) in [5.74, 6) is -0.111. The molecule has 186 valence electrons. The Hall–Kier alpha value is -2.72. The van der Waals surface area contributed by atoms with Crippen LogP contribution in [0.3, 0.4) is 0 Å². The number of hydrogen-bond donors (Lipinski definition) is 1. The van der Waals surface area contributed by atoms with Gasteiger partial charge in [0.25, 0.3) is 11.5 Å². The number of unbranched alkanes of at least 4 members (excludes halogenated alkanes) is 4. The molecule has 0 radical (unpaired) electrons. The van der Waals surface area contributed by atoms with Gasteiger partial charge in [0.1, 0.15) is 15.8 Å². The largest absolute Gasteiger partial charge is 0.369 e. The third-order valence-corrected chi connectivity index (χ3v) is 7.96. The van der Waals surface area contributed by atoms with E-state index in [9.17, 15) is 14.4 Å². The van der Waals surface area contributed by atoms with Gasteiger partial charge in [-0.05, 0) is 37.5 Å². The summed E-state index contributed by atoms with van der Waals surface area (Å²) in [6.07, 6.45) is 9.99. The smallest absolute Gasteiger partial charge is 0.267 e. The van der Waals surface area contributed by atoms with Crippen molar-refractivity contribution < 1.29 is 9.59 Å². The fourth-order valence-electron chi connectivity index (χ4n) is 4.53. The molecule has 0 atom stereocenters. The lowest BCUT2D eigenvalue weighted by molar-refractivity contribution is -0.123. The van der Waals surface area contributed by atoms with E-state index in [1.54, 1.807) is 29.3 Å². The molecule has 10 heteroatoms. The minimum absolute atomic E-state index is 0.161. The minimum atomic E-state index is -0.296. The number of nitrogens with two attached hydrogens (primary N) is 1. The average molecular weight is 514 g/mol. The summed E-state index contributed by atoms with van der Waals surface area (Å²) < 4.78 is 2.01. The number of carbonyl (C=O) groups is 2. The van der Waals surface area contributed by atoms with Gasteiger partial charge in [0.15, 0.2) is 0 Å². The second kappa shape index (κ2) is 11.3. The number of amides is 2. The molecule has 2 N–H and O–H groups in total. The summed E-state index contributed by atoms with van der Waals surface area (Å²) in [7, 11) is 0. The second-order valence-electron chi connectivity index (χ2n) is 8.99. The fraction of sp³-hybridized carbons (Fsp3) is 0.480. The Kier molecular flexibility index (Phi) is 8.22. The quantitative estimate of drug-likeness (QED) is 0.311. The number of aromatic nitrogens is 2. The van der Waals surface area contributed by atoms with Crippen molar-refractivity contribution in [3.05, 3.63) is 45.2 Å². The minimum Gasteiger partial charge on any atom is -0.369 e. The molecular weight excluding hydrogens is 482 g/mol.